The van der Waals surface area contributed by atoms with Gasteiger partial charge >= 0.3 is 12.1 Å². The molecule has 1 N–H and O–H groups in total. The predicted octanol–water partition coefficient (Wildman–Crippen LogP) is 2.83. The van der Waals surface area contributed by atoms with Crippen molar-refractivity contribution in [2.75, 3.05) is 19.8 Å². The molecule has 6 nitrogen and oxygen atoms in total. The van der Waals surface area contributed by atoms with Crippen molar-refractivity contribution in [1.29, 1.82) is 0 Å². The molecule has 0 saturated heterocycles. The average molecular weight is 315 g/mol. The number of thiophene rings is 1. The molecule has 0 saturated carbocycles. The summed E-state index contributed by atoms with van der Waals surface area (Å²) in [6, 6.07) is 1.62. The number of ether oxygens (including phenoxy) is 3. The van der Waals surface area contributed by atoms with Gasteiger partial charge in [-0.25, -0.2) is 9.59 Å². The van der Waals surface area contributed by atoms with Crippen molar-refractivity contribution in [2.45, 2.75) is 33.3 Å². The van der Waals surface area contributed by atoms with Gasteiger partial charge in [-0.05, 0) is 27.7 Å². The number of hydrogen-bond donors (Lipinski definition) is 1. The third kappa shape index (κ3) is 6.99. The molecule has 0 aromatic carbocycles. The van der Waals surface area contributed by atoms with Crippen LogP contribution in [0.5, 0.6) is 5.06 Å². The van der Waals surface area contributed by atoms with Crippen molar-refractivity contribution < 1.29 is 23.8 Å². The Hall–Kier alpha value is -1.76. The van der Waals surface area contributed by atoms with E-state index in [2.05, 4.69) is 5.32 Å². The third-order valence-corrected chi connectivity index (χ3v) is 2.94. The van der Waals surface area contributed by atoms with E-state index in [-0.39, 0.29) is 5.97 Å². The van der Waals surface area contributed by atoms with E-state index in [1.807, 2.05) is 0 Å². The van der Waals surface area contributed by atoms with Crippen molar-refractivity contribution in [2.24, 2.45) is 0 Å². The number of alkyl carbamates (subject to hydrolysis) is 1. The molecule has 0 bridgehead atoms. The smallest absolute Gasteiger partial charge is 0.407 e. The van der Waals surface area contributed by atoms with Crippen LogP contribution < -0.4 is 10.1 Å². The first-order chi connectivity index (χ1) is 9.81. The lowest BCUT2D eigenvalue weighted by Gasteiger charge is -2.19. The largest absolute Gasteiger partial charge is 0.482 e. The highest BCUT2D eigenvalue weighted by molar-refractivity contribution is 7.12. The van der Waals surface area contributed by atoms with Gasteiger partial charge in [0, 0.05) is 11.4 Å². The Morgan fingerprint density at radius 2 is 2.05 bits per heavy atom. The summed E-state index contributed by atoms with van der Waals surface area (Å²) in [7, 11) is 0. The molecule has 7 heteroatoms. The van der Waals surface area contributed by atoms with Gasteiger partial charge in [0.25, 0.3) is 0 Å². The number of carbonyl (C=O) groups is 2. The highest BCUT2D eigenvalue weighted by Crippen LogP contribution is 2.23. The van der Waals surface area contributed by atoms with Crippen LogP contribution >= 0.6 is 11.3 Å². The molecule has 118 valence electrons. The summed E-state index contributed by atoms with van der Waals surface area (Å²) in [4.78, 5) is 22.9. The van der Waals surface area contributed by atoms with Crippen molar-refractivity contribution in [3.8, 4) is 5.06 Å². The van der Waals surface area contributed by atoms with Crippen molar-refractivity contribution >= 4 is 23.4 Å². The first kappa shape index (κ1) is 17.3. The second-order valence-electron chi connectivity index (χ2n) is 5.15. The molecule has 1 aromatic heterocycles. The lowest BCUT2D eigenvalue weighted by Crippen LogP contribution is -2.34. The molecule has 0 aliphatic carbocycles. The van der Waals surface area contributed by atoms with E-state index in [0.717, 1.165) is 0 Å². The van der Waals surface area contributed by atoms with Gasteiger partial charge in [0.1, 0.15) is 12.2 Å². The fourth-order valence-corrected chi connectivity index (χ4v) is 2.09. The number of amides is 1. The zero-order valence-electron chi connectivity index (χ0n) is 12.7. The molecule has 21 heavy (non-hydrogen) atoms. The maximum Gasteiger partial charge on any atom is 0.407 e. The summed E-state index contributed by atoms with van der Waals surface area (Å²) in [5.41, 5.74) is -0.0512. The van der Waals surface area contributed by atoms with Crippen molar-refractivity contribution in [3.05, 3.63) is 17.0 Å². The van der Waals surface area contributed by atoms with E-state index in [9.17, 15) is 9.59 Å². The Balaban J connectivity index is 2.27. The van der Waals surface area contributed by atoms with Crippen LogP contribution in [0.25, 0.3) is 0 Å². The molecule has 1 heterocycles. The van der Waals surface area contributed by atoms with E-state index < -0.39 is 11.7 Å². The lowest BCUT2D eigenvalue weighted by atomic mass is 10.2. The van der Waals surface area contributed by atoms with Crippen LogP contribution in [0.4, 0.5) is 4.79 Å². The van der Waals surface area contributed by atoms with Gasteiger partial charge in [-0.15, -0.1) is 11.3 Å². The summed E-state index contributed by atoms with van der Waals surface area (Å²) in [5, 5.41) is 4.86. The zero-order chi connectivity index (χ0) is 15.9. The van der Waals surface area contributed by atoms with Crippen LogP contribution in [0.3, 0.4) is 0 Å². The van der Waals surface area contributed by atoms with Crippen molar-refractivity contribution in [1.82, 2.24) is 5.32 Å². The first-order valence-corrected chi connectivity index (χ1v) is 7.55. The topological polar surface area (TPSA) is 73.9 Å². The molecule has 0 radical (unpaired) electrons. The Bertz CT molecular complexity index is 478. The third-order valence-electron chi connectivity index (χ3n) is 2.10. The predicted molar refractivity (Wildman–Crippen MR) is 80.0 cm³/mol. The number of rotatable bonds is 6. The second kappa shape index (κ2) is 7.87. The highest BCUT2D eigenvalue weighted by atomic mass is 32.1. The van der Waals surface area contributed by atoms with E-state index in [4.69, 9.17) is 14.2 Å². The van der Waals surface area contributed by atoms with Crippen LogP contribution in [0.1, 0.15) is 38.1 Å². The molecule has 0 unspecified atom stereocenters. The maximum absolute atomic E-state index is 11.5. The standard InChI is InChI=1S/C14H21NO5S/c1-5-18-12(16)10-8-11(21-9-10)19-7-6-15-13(17)20-14(2,3)4/h8-9H,5-7H2,1-4H3,(H,15,17). The molecule has 1 aromatic rings. The SMILES string of the molecule is CCOC(=O)c1csc(OCCNC(=O)OC(C)(C)C)c1. The van der Waals surface area contributed by atoms with Crippen molar-refractivity contribution in [3.63, 3.8) is 0 Å². The fraction of sp³-hybridized carbons (Fsp3) is 0.571. The molecule has 0 aliphatic rings. The molecular formula is C14H21NO5S. The average Bonchev–Trinajstić information content (AvgIpc) is 2.81. The lowest BCUT2D eigenvalue weighted by molar-refractivity contribution is 0.0514. The molecule has 0 fully saturated rings. The van der Waals surface area contributed by atoms with E-state index >= 15 is 0 Å². The number of nitrogens with one attached hydrogen (secondary N) is 1. The Morgan fingerprint density at radius 3 is 2.67 bits per heavy atom. The van der Waals surface area contributed by atoms with Crippen LogP contribution in [0, 0.1) is 0 Å². The molecule has 0 atom stereocenters. The summed E-state index contributed by atoms with van der Waals surface area (Å²) < 4.78 is 15.4. The highest BCUT2D eigenvalue weighted by Gasteiger charge is 2.15. The maximum atomic E-state index is 11.5. The van der Waals surface area contributed by atoms with Crippen LogP contribution in [-0.2, 0) is 9.47 Å². The van der Waals surface area contributed by atoms with E-state index in [0.29, 0.717) is 30.4 Å². The van der Waals surface area contributed by atoms with Gasteiger partial charge in [-0.3, -0.25) is 0 Å². The Labute approximate surface area is 128 Å². The van der Waals surface area contributed by atoms with Gasteiger partial charge < -0.3 is 19.5 Å². The number of esters is 1. The van der Waals surface area contributed by atoms with Gasteiger partial charge in [-0.1, -0.05) is 0 Å². The summed E-state index contributed by atoms with van der Waals surface area (Å²) in [6.45, 7) is 8.10. The minimum atomic E-state index is -0.521. The Kier molecular flexibility index (Phi) is 6.48. The zero-order valence-corrected chi connectivity index (χ0v) is 13.5. The molecule has 0 aliphatic heterocycles. The second-order valence-corrected chi connectivity index (χ2v) is 6.03. The van der Waals surface area contributed by atoms with Crippen LogP contribution in [0.15, 0.2) is 11.4 Å². The summed E-state index contributed by atoms with van der Waals surface area (Å²) in [5.74, 6) is -0.365. The monoisotopic (exact) mass is 315 g/mol. The summed E-state index contributed by atoms with van der Waals surface area (Å²) in [6.07, 6.45) is -0.482. The summed E-state index contributed by atoms with van der Waals surface area (Å²) >= 11 is 1.31. The number of hydrogen-bond acceptors (Lipinski definition) is 6. The van der Waals surface area contributed by atoms with Gasteiger partial charge in [-0.2, -0.15) is 0 Å². The van der Waals surface area contributed by atoms with Gasteiger partial charge in [0.2, 0.25) is 0 Å². The number of carbonyl (C=O) groups excluding carboxylic acids is 2. The molecule has 1 amide bonds. The Morgan fingerprint density at radius 1 is 1.33 bits per heavy atom. The first-order valence-electron chi connectivity index (χ1n) is 6.67. The molecule has 0 spiro atoms. The minimum absolute atomic E-state index is 0.294. The molecule has 1 rings (SSSR count). The van der Waals surface area contributed by atoms with Gasteiger partial charge in [0.05, 0.1) is 18.7 Å². The molecular weight excluding hydrogens is 294 g/mol. The van der Waals surface area contributed by atoms with E-state index in [1.54, 1.807) is 39.1 Å². The normalized spacial score (nSPS) is 10.9. The van der Waals surface area contributed by atoms with Crippen LogP contribution in [-0.4, -0.2) is 37.4 Å². The van der Waals surface area contributed by atoms with Crippen LogP contribution in [0.2, 0.25) is 0 Å². The fourth-order valence-electron chi connectivity index (χ4n) is 1.33. The van der Waals surface area contributed by atoms with E-state index in [1.165, 1.54) is 11.3 Å². The quantitative estimate of drug-likeness (QED) is 0.645. The van der Waals surface area contributed by atoms with Gasteiger partial charge in [0.15, 0.2) is 5.06 Å². The minimum Gasteiger partial charge on any atom is -0.482 e.